The highest BCUT2D eigenvalue weighted by molar-refractivity contribution is 6.01. The molecule has 3 rings (SSSR count). The topological polar surface area (TPSA) is 99.9 Å². The lowest BCUT2D eigenvalue weighted by atomic mass is 9.97. The maximum absolute atomic E-state index is 12.7. The van der Waals surface area contributed by atoms with Gasteiger partial charge in [-0.1, -0.05) is 12.1 Å². The zero-order chi connectivity index (χ0) is 18.4. The first-order valence-electron chi connectivity index (χ1n) is 7.77. The molecule has 0 amide bonds. The summed E-state index contributed by atoms with van der Waals surface area (Å²) in [4.78, 5) is 16.8. The minimum atomic E-state index is -1.05. The van der Waals surface area contributed by atoms with E-state index in [1.165, 1.54) is 12.5 Å². The van der Waals surface area contributed by atoms with Crippen LogP contribution in [0.2, 0.25) is 0 Å². The Hall–Kier alpha value is -3.90. The van der Waals surface area contributed by atoms with E-state index in [-0.39, 0.29) is 12.4 Å². The van der Waals surface area contributed by atoms with Crippen LogP contribution in [0.1, 0.15) is 33.3 Å². The molecule has 1 aromatic carbocycles. The molecule has 2 heterocycles. The van der Waals surface area contributed by atoms with E-state index in [1.807, 2.05) is 12.1 Å². The van der Waals surface area contributed by atoms with Crippen LogP contribution in [0.25, 0.3) is 0 Å². The molecule has 26 heavy (non-hydrogen) atoms. The number of hydrogen-bond acceptors (Lipinski definition) is 6. The summed E-state index contributed by atoms with van der Waals surface area (Å²) in [5.41, 5.74) is 1.37. The summed E-state index contributed by atoms with van der Waals surface area (Å²) in [5.74, 6) is -0.951. The van der Waals surface area contributed by atoms with Gasteiger partial charge in [-0.25, -0.2) is 0 Å². The van der Waals surface area contributed by atoms with E-state index in [0.29, 0.717) is 22.6 Å². The number of nitriles is 2. The van der Waals surface area contributed by atoms with Crippen LogP contribution >= 0.6 is 0 Å². The van der Waals surface area contributed by atoms with Crippen LogP contribution < -0.4 is 4.74 Å². The van der Waals surface area contributed by atoms with E-state index >= 15 is 0 Å². The molecule has 0 saturated heterocycles. The minimum absolute atomic E-state index is 0.0682. The van der Waals surface area contributed by atoms with Crippen LogP contribution in [0, 0.1) is 22.7 Å². The number of ether oxygens (including phenoxy) is 1. The van der Waals surface area contributed by atoms with Crippen molar-refractivity contribution in [2.24, 2.45) is 0 Å². The molecule has 0 bridgehead atoms. The monoisotopic (exact) mass is 343 g/mol. The normalized spacial score (nSPS) is 11.2. The lowest BCUT2D eigenvalue weighted by Gasteiger charge is -2.09. The van der Waals surface area contributed by atoms with Crippen molar-refractivity contribution in [3.8, 4) is 17.9 Å². The second kappa shape index (κ2) is 7.78. The van der Waals surface area contributed by atoms with Crippen molar-refractivity contribution in [1.29, 1.82) is 10.5 Å². The van der Waals surface area contributed by atoms with Crippen LogP contribution in [0.15, 0.2) is 65.4 Å². The molecule has 3 aromatic rings. The van der Waals surface area contributed by atoms with Gasteiger partial charge in [-0.05, 0) is 36.4 Å². The van der Waals surface area contributed by atoms with Crippen molar-refractivity contribution in [3.05, 3.63) is 83.6 Å². The van der Waals surface area contributed by atoms with E-state index < -0.39 is 11.7 Å². The van der Waals surface area contributed by atoms with Crippen molar-refractivity contribution in [3.63, 3.8) is 0 Å². The lowest BCUT2D eigenvalue weighted by molar-refractivity contribution is 0.0947. The molecule has 0 spiro atoms. The van der Waals surface area contributed by atoms with Gasteiger partial charge in [0.05, 0.1) is 29.7 Å². The summed E-state index contributed by atoms with van der Waals surface area (Å²) in [6.07, 6.45) is 2.91. The number of hydrogen-bond donors (Lipinski definition) is 0. The summed E-state index contributed by atoms with van der Waals surface area (Å²) in [7, 11) is 0. The third kappa shape index (κ3) is 3.61. The Kier molecular flexibility index (Phi) is 5.07. The Labute approximate surface area is 149 Å². The number of furan rings is 1. The van der Waals surface area contributed by atoms with E-state index in [4.69, 9.17) is 14.4 Å². The predicted octanol–water partition coefficient (Wildman–Crippen LogP) is 3.62. The largest absolute Gasteiger partial charge is 0.489 e. The molecule has 6 heteroatoms. The molecule has 0 fully saturated rings. The fourth-order valence-electron chi connectivity index (χ4n) is 2.42. The third-order valence-electron chi connectivity index (χ3n) is 3.70. The fraction of sp³-hybridized carbons (Fsp3) is 0.100. The van der Waals surface area contributed by atoms with Crippen LogP contribution in [-0.2, 0) is 6.61 Å². The SMILES string of the molecule is N#Cc1cccc(OCc2ccoc2C(=O)C(C#N)c2ccccn2)c1. The number of carbonyl (C=O) groups is 1. The smallest absolute Gasteiger partial charge is 0.221 e. The third-order valence-corrected chi connectivity index (χ3v) is 3.70. The van der Waals surface area contributed by atoms with Crippen molar-refractivity contribution in [1.82, 2.24) is 4.98 Å². The number of nitrogens with zero attached hydrogens (tertiary/aromatic N) is 3. The molecule has 6 nitrogen and oxygen atoms in total. The van der Waals surface area contributed by atoms with E-state index in [1.54, 1.807) is 48.5 Å². The van der Waals surface area contributed by atoms with E-state index in [2.05, 4.69) is 4.98 Å². The Morgan fingerprint density at radius 3 is 2.81 bits per heavy atom. The van der Waals surface area contributed by atoms with Crippen LogP contribution in [0.4, 0.5) is 0 Å². The number of carbonyl (C=O) groups excluding carboxylic acids is 1. The summed E-state index contributed by atoms with van der Waals surface area (Å²) >= 11 is 0. The summed E-state index contributed by atoms with van der Waals surface area (Å²) in [6, 6.07) is 17.4. The van der Waals surface area contributed by atoms with Gasteiger partial charge in [-0.15, -0.1) is 0 Å². The molecule has 0 saturated carbocycles. The summed E-state index contributed by atoms with van der Waals surface area (Å²) in [5, 5.41) is 18.3. The van der Waals surface area contributed by atoms with Gasteiger partial charge in [-0.2, -0.15) is 10.5 Å². The van der Waals surface area contributed by atoms with Gasteiger partial charge in [-0.3, -0.25) is 9.78 Å². The standard InChI is InChI=1S/C20H13N3O3/c21-11-14-4-3-5-16(10-14)26-13-15-7-9-25-20(15)19(24)17(12-22)18-6-1-2-8-23-18/h1-10,17H,13H2. The Morgan fingerprint density at radius 1 is 1.19 bits per heavy atom. The second-order valence-electron chi connectivity index (χ2n) is 5.38. The molecule has 126 valence electrons. The van der Waals surface area contributed by atoms with Crippen molar-refractivity contribution in [2.45, 2.75) is 12.5 Å². The Morgan fingerprint density at radius 2 is 2.08 bits per heavy atom. The molecule has 2 aromatic heterocycles. The molecular weight excluding hydrogens is 330 g/mol. The molecule has 0 aliphatic heterocycles. The molecule has 0 aliphatic carbocycles. The van der Waals surface area contributed by atoms with E-state index in [9.17, 15) is 10.1 Å². The molecule has 0 radical (unpaired) electrons. The highest BCUT2D eigenvalue weighted by Crippen LogP contribution is 2.23. The van der Waals surface area contributed by atoms with Gasteiger partial charge in [0.25, 0.3) is 0 Å². The average molecular weight is 343 g/mol. The highest BCUT2D eigenvalue weighted by Gasteiger charge is 2.27. The second-order valence-corrected chi connectivity index (χ2v) is 5.38. The molecule has 1 atom stereocenters. The summed E-state index contributed by atoms with van der Waals surface area (Å²) < 4.78 is 10.9. The zero-order valence-corrected chi connectivity index (χ0v) is 13.6. The first-order valence-corrected chi connectivity index (χ1v) is 7.77. The fourth-order valence-corrected chi connectivity index (χ4v) is 2.42. The predicted molar refractivity (Wildman–Crippen MR) is 91.1 cm³/mol. The number of benzene rings is 1. The molecule has 0 N–H and O–H groups in total. The molecular formula is C20H13N3O3. The van der Waals surface area contributed by atoms with Gasteiger partial charge in [0.1, 0.15) is 12.4 Å². The van der Waals surface area contributed by atoms with Crippen molar-refractivity contribution >= 4 is 5.78 Å². The van der Waals surface area contributed by atoms with Crippen molar-refractivity contribution in [2.75, 3.05) is 0 Å². The van der Waals surface area contributed by atoms with Gasteiger partial charge >= 0.3 is 0 Å². The van der Waals surface area contributed by atoms with Gasteiger partial charge in [0, 0.05) is 11.8 Å². The van der Waals surface area contributed by atoms with Crippen LogP contribution in [-0.4, -0.2) is 10.8 Å². The summed E-state index contributed by atoms with van der Waals surface area (Å²) in [6.45, 7) is 0.0762. The molecule has 0 aliphatic rings. The number of pyridine rings is 1. The number of Topliss-reactive ketones (excluding diaryl/α,β-unsaturated/α-hetero) is 1. The minimum Gasteiger partial charge on any atom is -0.489 e. The quantitative estimate of drug-likeness (QED) is 0.634. The maximum atomic E-state index is 12.7. The Bertz CT molecular complexity index is 997. The number of ketones is 1. The molecule has 1 unspecified atom stereocenters. The van der Waals surface area contributed by atoms with Crippen LogP contribution in [0.3, 0.4) is 0 Å². The number of rotatable bonds is 6. The Balaban J connectivity index is 1.78. The average Bonchev–Trinajstić information content (AvgIpc) is 3.16. The van der Waals surface area contributed by atoms with Gasteiger partial charge < -0.3 is 9.15 Å². The number of aromatic nitrogens is 1. The van der Waals surface area contributed by atoms with Gasteiger partial charge in [0.15, 0.2) is 11.7 Å². The lowest BCUT2D eigenvalue weighted by Crippen LogP contribution is -2.14. The van der Waals surface area contributed by atoms with Gasteiger partial charge in [0.2, 0.25) is 5.78 Å². The maximum Gasteiger partial charge on any atom is 0.221 e. The van der Waals surface area contributed by atoms with Crippen LogP contribution in [0.5, 0.6) is 5.75 Å². The first kappa shape index (κ1) is 16.9. The first-order chi connectivity index (χ1) is 12.7. The highest BCUT2D eigenvalue weighted by atomic mass is 16.5. The zero-order valence-electron chi connectivity index (χ0n) is 13.6. The van der Waals surface area contributed by atoms with Crippen molar-refractivity contribution < 1.29 is 13.9 Å². The van der Waals surface area contributed by atoms with E-state index in [0.717, 1.165) is 0 Å².